The molecule has 0 atom stereocenters. The number of amides is 1. The molecule has 0 aromatic rings. The molecule has 0 aliphatic heterocycles. The molecule has 0 heterocycles. The third-order valence-corrected chi connectivity index (χ3v) is 5.02. The van der Waals surface area contributed by atoms with Crippen LogP contribution >= 0.6 is 12.0 Å². The molecule has 1 fully saturated rings. The van der Waals surface area contributed by atoms with Crippen LogP contribution in [-0.2, 0) is 23.2 Å². The second kappa shape index (κ2) is 14.4. The van der Waals surface area contributed by atoms with E-state index in [2.05, 4.69) is 5.32 Å². The van der Waals surface area contributed by atoms with Crippen molar-refractivity contribution in [3.63, 3.8) is 0 Å². The summed E-state index contributed by atoms with van der Waals surface area (Å²) in [5, 5.41) is 3.09. The average molecular weight is 390 g/mol. The largest absolute Gasteiger partial charge is 0.379 e. The van der Waals surface area contributed by atoms with Crippen molar-refractivity contribution in [3.8, 4) is 0 Å². The van der Waals surface area contributed by atoms with Crippen molar-refractivity contribution >= 4 is 23.7 Å². The Kier molecular flexibility index (Phi) is 13.0. The molecule has 6 nitrogen and oxygen atoms in total. The van der Waals surface area contributed by atoms with Crippen LogP contribution in [0.2, 0.25) is 0 Å². The molecule has 152 valence electrons. The van der Waals surface area contributed by atoms with Gasteiger partial charge in [0, 0.05) is 31.1 Å². The van der Waals surface area contributed by atoms with Crippen LogP contribution in [0.1, 0.15) is 52.4 Å². The Labute approximate surface area is 162 Å². The van der Waals surface area contributed by atoms with E-state index < -0.39 is 0 Å². The minimum Gasteiger partial charge on any atom is -0.379 e. The van der Waals surface area contributed by atoms with Gasteiger partial charge in [-0.3, -0.25) is 9.59 Å². The monoisotopic (exact) mass is 389 g/mol. The lowest BCUT2D eigenvalue weighted by Gasteiger charge is -2.29. The van der Waals surface area contributed by atoms with E-state index in [9.17, 15) is 9.59 Å². The molecule has 1 aliphatic carbocycles. The molecule has 0 aromatic heterocycles. The number of ketones is 1. The summed E-state index contributed by atoms with van der Waals surface area (Å²) < 4.78 is 15.8. The van der Waals surface area contributed by atoms with Gasteiger partial charge in [0.15, 0.2) is 0 Å². The maximum absolute atomic E-state index is 12.0. The zero-order valence-corrected chi connectivity index (χ0v) is 17.3. The third kappa shape index (κ3) is 11.2. The van der Waals surface area contributed by atoms with E-state index in [0.29, 0.717) is 57.6 Å². The highest BCUT2D eigenvalue weighted by atomic mass is 32.2. The van der Waals surface area contributed by atoms with Crippen LogP contribution in [0.5, 0.6) is 0 Å². The lowest BCUT2D eigenvalue weighted by atomic mass is 9.82. The van der Waals surface area contributed by atoms with Gasteiger partial charge in [-0.05, 0) is 43.6 Å². The van der Waals surface area contributed by atoms with Crippen molar-refractivity contribution in [2.75, 3.05) is 39.3 Å². The fourth-order valence-electron chi connectivity index (χ4n) is 2.99. The summed E-state index contributed by atoms with van der Waals surface area (Å²) >= 11 is 1.32. The van der Waals surface area contributed by atoms with E-state index in [0.717, 1.165) is 25.7 Å². The summed E-state index contributed by atoms with van der Waals surface area (Å²) in [4.78, 5) is 23.8. The zero-order chi connectivity index (χ0) is 19.2. The fraction of sp³-hybridized carbons (Fsp3) is 0.895. The summed E-state index contributed by atoms with van der Waals surface area (Å²) in [6.07, 6.45) is 6.92. The fourth-order valence-corrected chi connectivity index (χ4v) is 3.23. The van der Waals surface area contributed by atoms with Crippen LogP contribution in [-0.4, -0.2) is 57.0 Å². The molecule has 7 heteroatoms. The van der Waals surface area contributed by atoms with Crippen molar-refractivity contribution < 1.29 is 23.2 Å². The van der Waals surface area contributed by atoms with Crippen molar-refractivity contribution in [2.45, 2.75) is 58.4 Å². The molecule has 1 aliphatic rings. The number of hydrogen-bond donors (Lipinski definition) is 1. The van der Waals surface area contributed by atoms with E-state index in [-0.39, 0.29) is 17.9 Å². The van der Waals surface area contributed by atoms with E-state index in [1.807, 2.05) is 20.1 Å². The smallest absolute Gasteiger partial charge is 0.222 e. The number of hydrogen-bond acceptors (Lipinski definition) is 6. The van der Waals surface area contributed by atoms with Gasteiger partial charge in [-0.15, -0.1) is 0 Å². The average Bonchev–Trinajstić information content (AvgIpc) is 2.62. The number of Topliss-reactive ketones (excluding diaryl/α,β-unsaturated/α-hetero) is 1. The predicted molar refractivity (Wildman–Crippen MR) is 104 cm³/mol. The summed E-state index contributed by atoms with van der Waals surface area (Å²) in [7, 11) is 0. The number of carbonyl (C=O) groups is 2. The highest BCUT2D eigenvalue weighted by Crippen LogP contribution is 2.28. The molecule has 0 bridgehead atoms. The van der Waals surface area contributed by atoms with Crippen molar-refractivity contribution in [2.24, 2.45) is 11.8 Å². The van der Waals surface area contributed by atoms with Crippen LogP contribution in [0.3, 0.4) is 0 Å². The molecule has 1 rings (SSSR count). The van der Waals surface area contributed by atoms with Crippen LogP contribution in [0, 0.1) is 11.8 Å². The molecule has 1 amide bonds. The van der Waals surface area contributed by atoms with E-state index in [1.54, 1.807) is 0 Å². The molecule has 0 spiro atoms. The highest BCUT2D eigenvalue weighted by molar-refractivity contribution is 7.93. The molecule has 26 heavy (non-hydrogen) atoms. The summed E-state index contributed by atoms with van der Waals surface area (Å²) in [6, 6.07) is 0.243. The second-order valence-electron chi connectivity index (χ2n) is 7.07. The van der Waals surface area contributed by atoms with Gasteiger partial charge in [0.1, 0.15) is 5.78 Å². The van der Waals surface area contributed by atoms with Crippen molar-refractivity contribution in [1.82, 2.24) is 5.32 Å². The van der Waals surface area contributed by atoms with Gasteiger partial charge in [0.25, 0.3) is 0 Å². The Morgan fingerprint density at radius 3 is 2.23 bits per heavy atom. The first-order valence-electron chi connectivity index (χ1n) is 9.66. The Morgan fingerprint density at radius 2 is 1.62 bits per heavy atom. The van der Waals surface area contributed by atoms with Gasteiger partial charge in [-0.25, -0.2) is 0 Å². The maximum Gasteiger partial charge on any atom is 0.222 e. The molecule has 1 N–H and O–H groups in total. The predicted octanol–water partition coefficient (Wildman–Crippen LogP) is 2.99. The Balaban J connectivity index is 1.99. The quantitative estimate of drug-likeness (QED) is 0.364. The normalized spacial score (nSPS) is 20.3. The Hall–Kier alpha value is -0.630. The van der Waals surface area contributed by atoms with Crippen LogP contribution in [0.15, 0.2) is 0 Å². The van der Waals surface area contributed by atoms with Gasteiger partial charge in [0.05, 0.1) is 33.0 Å². The zero-order valence-electron chi connectivity index (χ0n) is 16.5. The molecule has 0 radical (unpaired) electrons. The lowest BCUT2D eigenvalue weighted by molar-refractivity contribution is -0.124. The van der Waals surface area contributed by atoms with Gasteiger partial charge in [0.2, 0.25) is 5.91 Å². The van der Waals surface area contributed by atoms with Gasteiger partial charge in [-0.1, -0.05) is 13.8 Å². The molecular formula is C19H35NO5S. The van der Waals surface area contributed by atoms with E-state index in [4.69, 9.17) is 13.7 Å². The SMILES string of the molecule is CSOCCOCCOCCC(=O)N[C@H]1CC[C@H](CC(=O)C(C)C)CC1. The standard InChI is InChI=1S/C19H35NO5S/c1-15(2)18(21)14-16-4-6-17(7-5-16)20-19(22)8-9-23-10-11-24-12-13-25-26-3/h15-17H,4-14H2,1-3H3,(H,20,22)/t16-,17-. The van der Waals surface area contributed by atoms with Crippen LogP contribution < -0.4 is 5.32 Å². The first kappa shape index (κ1) is 23.4. The molecule has 0 saturated heterocycles. The Morgan fingerprint density at radius 1 is 1.00 bits per heavy atom. The number of rotatable bonds is 14. The number of ether oxygens (including phenoxy) is 2. The molecule has 0 unspecified atom stereocenters. The maximum atomic E-state index is 12.0. The lowest BCUT2D eigenvalue weighted by Crippen LogP contribution is -2.38. The minimum absolute atomic E-state index is 0.0426. The highest BCUT2D eigenvalue weighted by Gasteiger charge is 2.24. The minimum atomic E-state index is 0.0426. The second-order valence-corrected chi connectivity index (χ2v) is 7.64. The van der Waals surface area contributed by atoms with E-state index >= 15 is 0 Å². The summed E-state index contributed by atoms with van der Waals surface area (Å²) in [5.74, 6) is 1.01. The first-order valence-corrected chi connectivity index (χ1v) is 10.8. The molecule has 0 aromatic carbocycles. The Bertz CT molecular complexity index is 397. The molecule has 1 saturated carbocycles. The van der Waals surface area contributed by atoms with E-state index in [1.165, 1.54) is 12.0 Å². The number of carbonyl (C=O) groups excluding carboxylic acids is 2. The van der Waals surface area contributed by atoms with Crippen molar-refractivity contribution in [3.05, 3.63) is 0 Å². The van der Waals surface area contributed by atoms with Gasteiger partial charge in [-0.2, -0.15) is 0 Å². The van der Waals surface area contributed by atoms with Gasteiger partial charge < -0.3 is 19.0 Å². The first-order chi connectivity index (χ1) is 12.5. The summed E-state index contributed by atoms with van der Waals surface area (Å²) in [5.41, 5.74) is 0. The third-order valence-electron chi connectivity index (χ3n) is 4.62. The van der Waals surface area contributed by atoms with Gasteiger partial charge >= 0.3 is 0 Å². The summed E-state index contributed by atoms with van der Waals surface area (Å²) in [6.45, 7) is 6.45. The van der Waals surface area contributed by atoms with Crippen LogP contribution in [0.4, 0.5) is 0 Å². The van der Waals surface area contributed by atoms with Crippen LogP contribution in [0.25, 0.3) is 0 Å². The van der Waals surface area contributed by atoms with Crippen molar-refractivity contribution in [1.29, 1.82) is 0 Å². The number of nitrogens with one attached hydrogen (secondary N) is 1. The molecular weight excluding hydrogens is 354 g/mol. The topological polar surface area (TPSA) is 73.9 Å².